The van der Waals surface area contributed by atoms with Gasteiger partial charge in [0, 0.05) is 34.6 Å². The Morgan fingerprint density at radius 1 is 1.11 bits per heavy atom. The third-order valence-corrected chi connectivity index (χ3v) is 10.3. The number of fused-ring (bicyclic) bond motifs is 1. The lowest BCUT2D eigenvalue weighted by atomic mass is 9.81. The maximum Gasteiger partial charge on any atom is 0.341 e. The molecule has 1 saturated heterocycles. The predicted octanol–water partition coefficient (Wildman–Crippen LogP) is 4.37. The fourth-order valence-electron chi connectivity index (χ4n) is 5.26. The van der Waals surface area contributed by atoms with Crippen LogP contribution in [0.15, 0.2) is 29.2 Å². The van der Waals surface area contributed by atoms with E-state index in [0.29, 0.717) is 41.6 Å². The fraction of sp³-hybridized carbons (Fsp3) is 0.538. The van der Waals surface area contributed by atoms with Gasteiger partial charge < -0.3 is 15.4 Å². The van der Waals surface area contributed by atoms with Crippen LogP contribution in [0.4, 0.5) is 5.00 Å². The first-order chi connectivity index (χ1) is 16.7. The van der Waals surface area contributed by atoms with Gasteiger partial charge in [0.25, 0.3) is 5.91 Å². The van der Waals surface area contributed by atoms with E-state index in [1.165, 1.54) is 47.0 Å². The van der Waals surface area contributed by atoms with Crippen LogP contribution in [-0.4, -0.2) is 50.3 Å². The first-order valence-corrected chi connectivity index (χ1v) is 14.5. The van der Waals surface area contributed by atoms with Gasteiger partial charge in [-0.1, -0.05) is 6.92 Å². The van der Waals surface area contributed by atoms with Gasteiger partial charge in [-0.15, -0.1) is 11.3 Å². The number of ether oxygens (including phenoxy) is 1. The summed E-state index contributed by atoms with van der Waals surface area (Å²) in [5, 5.41) is 6.92. The standard InChI is InChI=1S/C26H35N3O5S2/c1-16-11-13-29(14-12-16)36(32,33)18-9-7-17(8-10-18)22(30)27-23-20(24(31)34-6)19-15-25(2,3)28-26(4,5)21(19)35-23/h7-10,16,28H,11-15H2,1-6H3,(H,27,30). The van der Waals surface area contributed by atoms with E-state index in [-0.39, 0.29) is 10.4 Å². The van der Waals surface area contributed by atoms with E-state index in [2.05, 4.69) is 45.3 Å². The Hall–Kier alpha value is -2.27. The minimum Gasteiger partial charge on any atom is -0.465 e. The van der Waals surface area contributed by atoms with E-state index in [1.54, 1.807) is 0 Å². The van der Waals surface area contributed by atoms with Crippen LogP contribution >= 0.6 is 11.3 Å². The van der Waals surface area contributed by atoms with E-state index in [0.717, 1.165) is 23.3 Å². The summed E-state index contributed by atoms with van der Waals surface area (Å²) in [5.41, 5.74) is 0.937. The number of nitrogens with one attached hydrogen (secondary N) is 2. The SMILES string of the molecule is COC(=O)c1c(NC(=O)c2ccc(S(=O)(=O)N3CCC(C)CC3)cc2)sc2c1CC(C)(C)NC2(C)C. The van der Waals surface area contributed by atoms with Crippen LogP contribution in [0.25, 0.3) is 0 Å². The Morgan fingerprint density at radius 2 is 1.72 bits per heavy atom. The smallest absolute Gasteiger partial charge is 0.341 e. The Bertz CT molecular complexity index is 1270. The van der Waals surface area contributed by atoms with Crippen LogP contribution in [0.1, 0.15) is 78.6 Å². The quantitative estimate of drug-likeness (QED) is 0.553. The third-order valence-electron chi connectivity index (χ3n) is 6.96. The second kappa shape index (κ2) is 9.55. The van der Waals surface area contributed by atoms with Gasteiger partial charge in [0.1, 0.15) is 5.00 Å². The Morgan fingerprint density at radius 3 is 2.31 bits per heavy atom. The number of esters is 1. The van der Waals surface area contributed by atoms with Crippen LogP contribution in [0.5, 0.6) is 0 Å². The van der Waals surface area contributed by atoms with Crippen molar-refractivity contribution in [1.29, 1.82) is 0 Å². The maximum atomic E-state index is 13.1. The van der Waals surface area contributed by atoms with Gasteiger partial charge in [-0.25, -0.2) is 13.2 Å². The number of thiophene rings is 1. The number of sulfonamides is 1. The van der Waals surface area contributed by atoms with Crippen LogP contribution < -0.4 is 10.6 Å². The van der Waals surface area contributed by atoms with Crippen molar-refractivity contribution in [2.24, 2.45) is 5.92 Å². The second-order valence-electron chi connectivity index (χ2n) is 11.0. The lowest BCUT2D eigenvalue weighted by Gasteiger charge is -2.42. The number of anilines is 1. The van der Waals surface area contributed by atoms with Crippen LogP contribution in [0, 0.1) is 5.92 Å². The average Bonchev–Trinajstić information content (AvgIpc) is 3.16. The number of amides is 1. The van der Waals surface area contributed by atoms with Crippen molar-refractivity contribution in [1.82, 2.24) is 9.62 Å². The number of carbonyl (C=O) groups excluding carboxylic acids is 2. The van der Waals surface area contributed by atoms with Gasteiger partial charge in [-0.3, -0.25) is 4.79 Å². The lowest BCUT2D eigenvalue weighted by molar-refractivity contribution is 0.0600. The first kappa shape index (κ1) is 26.8. The molecule has 1 aromatic heterocycles. The van der Waals surface area contributed by atoms with Crippen molar-refractivity contribution < 1.29 is 22.7 Å². The molecule has 0 atom stereocenters. The molecule has 36 heavy (non-hydrogen) atoms. The topological polar surface area (TPSA) is 105 Å². The van der Waals surface area contributed by atoms with Crippen LogP contribution in [-0.2, 0) is 26.7 Å². The van der Waals surface area contributed by atoms with Crippen molar-refractivity contribution in [3.63, 3.8) is 0 Å². The van der Waals surface area contributed by atoms with Gasteiger partial charge in [0.15, 0.2) is 0 Å². The molecular formula is C26H35N3O5S2. The predicted molar refractivity (Wildman–Crippen MR) is 141 cm³/mol. The molecule has 1 amide bonds. The number of benzene rings is 1. The molecule has 196 valence electrons. The number of methoxy groups -OCH3 is 1. The summed E-state index contributed by atoms with van der Waals surface area (Å²) in [7, 11) is -2.27. The summed E-state index contributed by atoms with van der Waals surface area (Å²) in [6.07, 6.45) is 2.30. The van der Waals surface area contributed by atoms with E-state index < -0.39 is 27.4 Å². The molecule has 0 unspecified atom stereocenters. The monoisotopic (exact) mass is 533 g/mol. The van der Waals surface area contributed by atoms with Gasteiger partial charge in [-0.2, -0.15) is 4.31 Å². The fourth-order valence-corrected chi connectivity index (χ4v) is 7.99. The molecular weight excluding hydrogens is 498 g/mol. The molecule has 8 nitrogen and oxygen atoms in total. The highest BCUT2D eigenvalue weighted by atomic mass is 32.2. The van der Waals surface area contributed by atoms with Gasteiger partial charge in [-0.05, 0) is 82.7 Å². The van der Waals surface area contributed by atoms with Crippen LogP contribution in [0.3, 0.4) is 0 Å². The zero-order valence-corrected chi connectivity index (χ0v) is 23.4. The number of nitrogens with zero attached hydrogens (tertiary/aromatic N) is 1. The molecule has 0 spiro atoms. The highest BCUT2D eigenvalue weighted by Gasteiger charge is 2.42. The summed E-state index contributed by atoms with van der Waals surface area (Å²) < 4.78 is 32.6. The van der Waals surface area contributed by atoms with Gasteiger partial charge >= 0.3 is 5.97 Å². The number of hydrogen-bond donors (Lipinski definition) is 2. The molecule has 0 radical (unpaired) electrons. The Kier molecular flexibility index (Phi) is 7.11. The summed E-state index contributed by atoms with van der Waals surface area (Å²) in [4.78, 5) is 27.1. The lowest BCUT2D eigenvalue weighted by Crippen LogP contribution is -2.55. The zero-order chi connectivity index (χ0) is 26.5. The zero-order valence-electron chi connectivity index (χ0n) is 21.7. The second-order valence-corrected chi connectivity index (χ2v) is 13.9. The van der Waals surface area contributed by atoms with Gasteiger partial charge in [0.2, 0.25) is 10.0 Å². The van der Waals surface area contributed by atoms with Crippen molar-refractivity contribution in [2.45, 2.75) is 69.9 Å². The Balaban J connectivity index is 1.60. The maximum absolute atomic E-state index is 13.1. The molecule has 3 heterocycles. The summed E-state index contributed by atoms with van der Waals surface area (Å²) >= 11 is 1.36. The first-order valence-electron chi connectivity index (χ1n) is 12.2. The molecule has 2 aliphatic heterocycles. The van der Waals surface area contributed by atoms with Crippen LogP contribution in [0.2, 0.25) is 0 Å². The molecule has 2 N–H and O–H groups in total. The largest absolute Gasteiger partial charge is 0.465 e. The molecule has 1 aromatic carbocycles. The minimum atomic E-state index is -3.60. The van der Waals surface area contributed by atoms with E-state index in [9.17, 15) is 18.0 Å². The Labute approximate surface area is 217 Å². The van der Waals surface area contributed by atoms with E-state index >= 15 is 0 Å². The minimum absolute atomic E-state index is 0.172. The number of hydrogen-bond acceptors (Lipinski definition) is 7. The number of piperidine rings is 1. The molecule has 1 fully saturated rings. The summed E-state index contributed by atoms with van der Waals surface area (Å²) in [6, 6.07) is 5.96. The molecule has 0 bridgehead atoms. The summed E-state index contributed by atoms with van der Waals surface area (Å²) in [6.45, 7) is 11.4. The molecule has 0 aliphatic carbocycles. The van der Waals surface area contributed by atoms with Crippen molar-refractivity contribution >= 4 is 38.2 Å². The number of rotatable bonds is 5. The molecule has 2 aromatic rings. The van der Waals surface area contributed by atoms with Crippen molar-refractivity contribution in [3.8, 4) is 0 Å². The van der Waals surface area contributed by atoms with Crippen molar-refractivity contribution in [3.05, 3.63) is 45.8 Å². The highest BCUT2D eigenvalue weighted by molar-refractivity contribution is 7.89. The third kappa shape index (κ3) is 5.09. The molecule has 4 rings (SSSR count). The molecule has 2 aliphatic rings. The normalized spacial score (nSPS) is 19.9. The highest BCUT2D eigenvalue weighted by Crippen LogP contribution is 2.45. The van der Waals surface area contributed by atoms with E-state index in [4.69, 9.17) is 4.74 Å². The molecule has 0 saturated carbocycles. The van der Waals surface area contributed by atoms with E-state index in [1.807, 2.05) is 0 Å². The average molecular weight is 534 g/mol. The van der Waals surface area contributed by atoms with Gasteiger partial charge in [0.05, 0.1) is 17.6 Å². The summed E-state index contributed by atoms with van der Waals surface area (Å²) in [5.74, 6) is -0.388. The molecule has 10 heteroatoms. The number of carbonyl (C=O) groups is 2. The van der Waals surface area contributed by atoms with Crippen molar-refractivity contribution in [2.75, 3.05) is 25.5 Å².